The molecule has 3 rings (SSSR count). The highest BCUT2D eigenvalue weighted by molar-refractivity contribution is 14.0. The van der Waals surface area contributed by atoms with E-state index < -0.39 is 0 Å². The highest BCUT2D eigenvalue weighted by Gasteiger charge is 2.22. The van der Waals surface area contributed by atoms with Crippen molar-refractivity contribution in [2.75, 3.05) is 24.5 Å². The molecule has 1 unspecified atom stereocenters. The molecule has 0 spiro atoms. The maximum absolute atomic E-state index is 4.70. The zero-order chi connectivity index (χ0) is 18.5. The molecule has 0 aliphatic carbocycles. The van der Waals surface area contributed by atoms with E-state index in [1.165, 1.54) is 16.1 Å². The molecule has 1 atom stereocenters. The van der Waals surface area contributed by atoms with Gasteiger partial charge in [-0.3, -0.25) is 0 Å². The third-order valence-electron chi connectivity index (χ3n) is 4.81. The van der Waals surface area contributed by atoms with Gasteiger partial charge in [0.25, 0.3) is 0 Å². The van der Waals surface area contributed by atoms with E-state index in [4.69, 9.17) is 4.99 Å². The second-order valence-electron chi connectivity index (χ2n) is 6.75. The average molecular weight is 499 g/mol. The molecule has 2 N–H and O–H groups in total. The zero-order valence-corrected chi connectivity index (χ0v) is 19.7. The van der Waals surface area contributed by atoms with Gasteiger partial charge in [-0.2, -0.15) is 0 Å². The number of nitrogens with one attached hydrogen (secondary N) is 2. The Labute approximate surface area is 183 Å². The van der Waals surface area contributed by atoms with Gasteiger partial charge < -0.3 is 15.5 Å². The summed E-state index contributed by atoms with van der Waals surface area (Å²) in [5.41, 5.74) is 3.94. The van der Waals surface area contributed by atoms with Crippen LogP contribution in [-0.2, 0) is 13.0 Å². The monoisotopic (exact) mass is 499 g/mol. The second-order valence-corrected chi connectivity index (χ2v) is 8.03. The number of guanidine groups is 1. The van der Waals surface area contributed by atoms with Crippen LogP contribution in [0.3, 0.4) is 0 Å². The molecule has 1 aromatic carbocycles. The van der Waals surface area contributed by atoms with Crippen LogP contribution in [0.5, 0.6) is 0 Å². The summed E-state index contributed by atoms with van der Waals surface area (Å²) in [7, 11) is 0. The Morgan fingerprint density at radius 3 is 2.78 bits per heavy atom. The summed E-state index contributed by atoms with van der Waals surface area (Å²) in [5, 5.41) is 7.90. The van der Waals surface area contributed by atoms with Gasteiger partial charge in [-0.05, 0) is 45.7 Å². The highest BCUT2D eigenvalue weighted by atomic mass is 127. The number of fused-ring (bicyclic) bond motifs is 1. The van der Waals surface area contributed by atoms with Crippen LogP contribution < -0.4 is 15.5 Å². The minimum Gasteiger partial charge on any atom is -0.366 e. The van der Waals surface area contributed by atoms with Crippen LogP contribution in [-0.4, -0.2) is 36.6 Å². The molecule has 0 saturated carbocycles. The Morgan fingerprint density at radius 2 is 2.07 bits per heavy atom. The van der Waals surface area contributed by atoms with E-state index in [1.54, 1.807) is 11.3 Å². The molecule has 1 aliphatic heterocycles. The first kappa shape index (κ1) is 21.9. The summed E-state index contributed by atoms with van der Waals surface area (Å²) in [6, 6.07) is 9.13. The van der Waals surface area contributed by atoms with Gasteiger partial charge in [0.2, 0.25) is 0 Å². The second kappa shape index (κ2) is 10.3. The average Bonchev–Trinajstić information content (AvgIpc) is 3.20. The minimum absolute atomic E-state index is 0. The van der Waals surface area contributed by atoms with Crippen LogP contribution in [0.25, 0.3) is 0 Å². The van der Waals surface area contributed by atoms with Gasteiger partial charge in [0.15, 0.2) is 5.96 Å². The van der Waals surface area contributed by atoms with E-state index in [9.17, 15) is 0 Å². The Morgan fingerprint density at radius 1 is 1.30 bits per heavy atom. The first-order valence-electron chi connectivity index (χ1n) is 9.38. The number of nitrogens with zero attached hydrogens (tertiary/aromatic N) is 3. The molecule has 7 heteroatoms. The van der Waals surface area contributed by atoms with Crippen molar-refractivity contribution >= 4 is 47.0 Å². The highest BCUT2D eigenvalue weighted by Crippen LogP contribution is 2.28. The molecule has 0 bridgehead atoms. The normalized spacial score (nSPS) is 14.5. The summed E-state index contributed by atoms with van der Waals surface area (Å²) in [6.45, 7) is 11.9. The largest absolute Gasteiger partial charge is 0.366 e. The number of benzene rings is 1. The number of anilines is 1. The van der Waals surface area contributed by atoms with Crippen molar-refractivity contribution in [3.05, 3.63) is 45.4 Å². The van der Waals surface area contributed by atoms with Crippen LogP contribution in [0, 0.1) is 13.8 Å². The van der Waals surface area contributed by atoms with E-state index in [1.807, 2.05) is 0 Å². The quantitative estimate of drug-likeness (QED) is 0.360. The third-order valence-corrected chi connectivity index (χ3v) is 5.87. The number of aryl methyl sites for hydroxylation is 2. The van der Waals surface area contributed by atoms with Crippen LogP contribution in [0.15, 0.2) is 29.3 Å². The zero-order valence-electron chi connectivity index (χ0n) is 16.6. The Hall–Kier alpha value is -1.35. The van der Waals surface area contributed by atoms with Crippen LogP contribution in [0.4, 0.5) is 5.69 Å². The Bertz CT molecular complexity index is 754. The van der Waals surface area contributed by atoms with Crippen molar-refractivity contribution in [1.29, 1.82) is 0 Å². The number of thiazole rings is 1. The van der Waals surface area contributed by atoms with Gasteiger partial charge in [-0.25, -0.2) is 9.98 Å². The summed E-state index contributed by atoms with van der Waals surface area (Å²) >= 11 is 1.73. The van der Waals surface area contributed by atoms with E-state index in [0.717, 1.165) is 42.7 Å². The van der Waals surface area contributed by atoms with E-state index >= 15 is 0 Å². The first-order chi connectivity index (χ1) is 12.6. The molecular weight excluding hydrogens is 469 g/mol. The molecule has 0 radical (unpaired) electrons. The maximum atomic E-state index is 4.70. The van der Waals surface area contributed by atoms with Crippen molar-refractivity contribution in [2.45, 2.75) is 46.7 Å². The lowest BCUT2D eigenvalue weighted by Crippen LogP contribution is -2.45. The molecule has 148 valence electrons. The van der Waals surface area contributed by atoms with Gasteiger partial charge in [-0.15, -0.1) is 35.3 Å². The number of halogens is 1. The Kier molecular flexibility index (Phi) is 8.34. The molecule has 2 heterocycles. The van der Waals surface area contributed by atoms with E-state index in [0.29, 0.717) is 12.6 Å². The number of hydrogen-bond acceptors (Lipinski definition) is 4. The molecule has 0 amide bonds. The maximum Gasteiger partial charge on any atom is 0.191 e. The molecule has 0 saturated heterocycles. The molecule has 2 aromatic rings. The first-order valence-corrected chi connectivity index (χ1v) is 10.2. The lowest BCUT2D eigenvalue weighted by molar-refractivity contribution is 0.625. The van der Waals surface area contributed by atoms with E-state index in [2.05, 4.69) is 72.5 Å². The van der Waals surface area contributed by atoms with Crippen LogP contribution in [0.1, 0.15) is 35.0 Å². The minimum atomic E-state index is 0. The SMILES string of the molecule is CCNC(=NCc1nc(C)c(C)s1)NCC(C)N1CCc2ccccc21.I. The van der Waals surface area contributed by atoms with Gasteiger partial charge in [0.1, 0.15) is 5.01 Å². The van der Waals surface area contributed by atoms with Crippen molar-refractivity contribution in [2.24, 2.45) is 4.99 Å². The van der Waals surface area contributed by atoms with Gasteiger partial charge in [0, 0.05) is 36.2 Å². The summed E-state index contributed by atoms with van der Waals surface area (Å²) in [4.78, 5) is 13.0. The molecule has 0 fully saturated rings. The molecule has 5 nitrogen and oxygen atoms in total. The third kappa shape index (κ3) is 5.57. The Balaban J connectivity index is 0.00000261. The lowest BCUT2D eigenvalue weighted by Gasteiger charge is -2.28. The predicted octanol–water partition coefficient (Wildman–Crippen LogP) is 3.88. The van der Waals surface area contributed by atoms with E-state index in [-0.39, 0.29) is 24.0 Å². The summed E-state index contributed by atoms with van der Waals surface area (Å²) in [5.74, 6) is 0.859. The number of hydrogen-bond donors (Lipinski definition) is 2. The molecule has 1 aromatic heterocycles. The van der Waals surface area contributed by atoms with Crippen LogP contribution in [0.2, 0.25) is 0 Å². The van der Waals surface area contributed by atoms with Crippen molar-refractivity contribution in [3.8, 4) is 0 Å². The smallest absolute Gasteiger partial charge is 0.191 e. The van der Waals surface area contributed by atoms with Gasteiger partial charge >= 0.3 is 0 Å². The summed E-state index contributed by atoms with van der Waals surface area (Å²) < 4.78 is 0. The number of rotatable bonds is 6. The number of aromatic nitrogens is 1. The standard InChI is InChI=1S/C20H29N5S.HI/c1-5-21-20(23-13-19-24-15(3)16(4)26-19)22-12-14(2)25-11-10-17-8-6-7-9-18(17)25;/h6-9,14H,5,10-13H2,1-4H3,(H2,21,22,23);1H. The topological polar surface area (TPSA) is 52.6 Å². The molecular formula is C20H30IN5S. The summed E-state index contributed by atoms with van der Waals surface area (Å²) in [6.07, 6.45) is 1.14. The molecule has 1 aliphatic rings. The van der Waals surface area contributed by atoms with Gasteiger partial charge in [0.05, 0.1) is 12.2 Å². The lowest BCUT2D eigenvalue weighted by atomic mass is 10.2. The fourth-order valence-electron chi connectivity index (χ4n) is 3.27. The van der Waals surface area contributed by atoms with Crippen molar-refractivity contribution < 1.29 is 0 Å². The fourth-order valence-corrected chi connectivity index (χ4v) is 4.13. The van der Waals surface area contributed by atoms with Crippen molar-refractivity contribution in [3.63, 3.8) is 0 Å². The predicted molar refractivity (Wildman–Crippen MR) is 127 cm³/mol. The fraction of sp³-hybridized carbons (Fsp3) is 0.500. The number of para-hydroxylation sites is 1. The van der Waals surface area contributed by atoms with Gasteiger partial charge in [-0.1, -0.05) is 18.2 Å². The number of aliphatic imine (C=N–C) groups is 1. The molecule has 27 heavy (non-hydrogen) atoms. The van der Waals surface area contributed by atoms with Crippen molar-refractivity contribution in [1.82, 2.24) is 15.6 Å². The van der Waals surface area contributed by atoms with Crippen LogP contribution >= 0.6 is 35.3 Å².